The minimum atomic E-state index is -0.784. The van der Waals surface area contributed by atoms with Gasteiger partial charge in [0, 0.05) is 33.2 Å². The number of rotatable bonds is 3. The number of phenolic OH excluding ortho intramolecular Hbond substituents is 1. The number of anilines is 1. The van der Waals surface area contributed by atoms with Crippen LogP contribution in [-0.4, -0.2) is 35.6 Å². The third kappa shape index (κ3) is 3.42. The maximum absolute atomic E-state index is 13.9. The second-order valence-corrected chi connectivity index (χ2v) is 10.5. The molecule has 0 spiro atoms. The van der Waals surface area contributed by atoms with Crippen molar-refractivity contribution in [2.24, 2.45) is 17.8 Å². The predicted molar refractivity (Wildman–Crippen MR) is 140 cm³/mol. The summed E-state index contributed by atoms with van der Waals surface area (Å²) in [5.41, 5.74) is 2.52. The lowest BCUT2D eigenvalue weighted by Crippen LogP contribution is -2.40. The second kappa shape index (κ2) is 8.81. The van der Waals surface area contributed by atoms with Gasteiger partial charge >= 0.3 is 0 Å². The molecule has 6 rings (SSSR count). The molecule has 4 aliphatic rings. The van der Waals surface area contributed by atoms with E-state index in [1.165, 1.54) is 24.2 Å². The van der Waals surface area contributed by atoms with Crippen LogP contribution in [0.5, 0.6) is 11.5 Å². The van der Waals surface area contributed by atoms with Crippen molar-refractivity contribution in [2.75, 3.05) is 12.0 Å². The molecule has 38 heavy (non-hydrogen) atoms. The predicted octanol–water partition coefficient (Wildman–Crippen LogP) is 4.69. The SMILES string of the molecule is COc1cccc(O)c1C1C2=CCC3C(=O)N(c4ccc(Cl)cc4)C(=O)C3C2CC2=C1C(=O)C(C)=CC2=O. The van der Waals surface area contributed by atoms with E-state index in [4.69, 9.17) is 16.3 Å². The van der Waals surface area contributed by atoms with Crippen LogP contribution in [0.4, 0.5) is 5.69 Å². The van der Waals surface area contributed by atoms with E-state index in [-0.39, 0.29) is 35.6 Å². The lowest BCUT2D eigenvalue weighted by Gasteiger charge is -2.42. The molecule has 0 radical (unpaired) electrons. The number of aromatic hydroxyl groups is 1. The van der Waals surface area contributed by atoms with Crippen LogP contribution in [0.2, 0.25) is 5.02 Å². The van der Waals surface area contributed by atoms with Gasteiger partial charge in [0.25, 0.3) is 0 Å². The van der Waals surface area contributed by atoms with E-state index >= 15 is 0 Å². The molecule has 2 aromatic rings. The van der Waals surface area contributed by atoms with Crippen molar-refractivity contribution < 1.29 is 29.0 Å². The average Bonchev–Trinajstić information content (AvgIpc) is 3.16. The molecule has 1 saturated heterocycles. The van der Waals surface area contributed by atoms with Gasteiger partial charge in [-0.05, 0) is 68.2 Å². The van der Waals surface area contributed by atoms with Crippen molar-refractivity contribution in [1.29, 1.82) is 0 Å². The fourth-order valence-electron chi connectivity index (χ4n) is 6.54. The molecule has 1 N–H and O–H groups in total. The molecule has 0 saturated carbocycles. The van der Waals surface area contributed by atoms with E-state index in [1.807, 2.05) is 6.08 Å². The highest BCUT2D eigenvalue weighted by Gasteiger charge is 2.57. The number of amides is 2. The molecule has 2 aromatic carbocycles. The molecule has 0 aromatic heterocycles. The summed E-state index contributed by atoms with van der Waals surface area (Å²) in [5, 5.41) is 11.5. The number of carbonyl (C=O) groups is 4. The number of phenols is 1. The zero-order chi connectivity index (χ0) is 26.9. The Morgan fingerprint density at radius 2 is 1.74 bits per heavy atom. The average molecular weight is 530 g/mol. The van der Waals surface area contributed by atoms with Gasteiger partial charge in [0.05, 0.1) is 24.6 Å². The van der Waals surface area contributed by atoms with Crippen LogP contribution in [0.25, 0.3) is 0 Å². The summed E-state index contributed by atoms with van der Waals surface area (Å²) >= 11 is 6.02. The number of benzene rings is 2. The van der Waals surface area contributed by atoms with Gasteiger partial charge in [0.2, 0.25) is 11.8 Å². The van der Waals surface area contributed by atoms with E-state index in [1.54, 1.807) is 43.3 Å². The molecular formula is C30H24ClNO6. The Balaban J connectivity index is 1.52. The fraction of sp³-hybridized carbons (Fsp3) is 0.267. The highest BCUT2D eigenvalue weighted by atomic mass is 35.5. The fourth-order valence-corrected chi connectivity index (χ4v) is 6.66. The Morgan fingerprint density at radius 3 is 2.45 bits per heavy atom. The monoisotopic (exact) mass is 529 g/mol. The van der Waals surface area contributed by atoms with Crippen LogP contribution in [0.3, 0.4) is 0 Å². The molecule has 192 valence electrons. The van der Waals surface area contributed by atoms with Gasteiger partial charge < -0.3 is 9.84 Å². The molecule has 3 aliphatic carbocycles. The molecular weight excluding hydrogens is 506 g/mol. The summed E-state index contributed by atoms with van der Waals surface area (Å²) in [6.07, 6.45) is 3.71. The van der Waals surface area contributed by atoms with Gasteiger partial charge in [0.1, 0.15) is 11.5 Å². The topological polar surface area (TPSA) is 101 Å². The second-order valence-electron chi connectivity index (χ2n) is 10.1. The molecule has 8 heteroatoms. The first-order valence-electron chi connectivity index (χ1n) is 12.4. The zero-order valence-corrected chi connectivity index (χ0v) is 21.5. The number of hydrogen-bond acceptors (Lipinski definition) is 6. The molecule has 4 unspecified atom stereocenters. The minimum Gasteiger partial charge on any atom is -0.507 e. The van der Waals surface area contributed by atoms with Gasteiger partial charge in [0.15, 0.2) is 11.6 Å². The first kappa shape index (κ1) is 24.4. The maximum atomic E-state index is 13.9. The Bertz CT molecular complexity index is 1530. The number of nitrogens with zero attached hydrogens (tertiary/aromatic N) is 1. The molecule has 1 aliphatic heterocycles. The minimum absolute atomic E-state index is 0.0751. The van der Waals surface area contributed by atoms with Gasteiger partial charge in [-0.3, -0.25) is 24.1 Å². The highest BCUT2D eigenvalue weighted by molar-refractivity contribution is 6.31. The lowest BCUT2D eigenvalue weighted by atomic mass is 9.59. The number of methoxy groups -OCH3 is 1. The lowest BCUT2D eigenvalue weighted by molar-refractivity contribution is -0.123. The summed E-state index contributed by atoms with van der Waals surface area (Å²) in [5.74, 6) is -3.48. The number of carbonyl (C=O) groups excluding carboxylic acids is 4. The van der Waals surface area contributed by atoms with Gasteiger partial charge in [-0.25, -0.2) is 0 Å². The van der Waals surface area contributed by atoms with Crippen LogP contribution >= 0.6 is 11.6 Å². The van der Waals surface area contributed by atoms with E-state index < -0.39 is 23.7 Å². The summed E-state index contributed by atoms with van der Waals surface area (Å²) in [7, 11) is 1.47. The molecule has 2 amide bonds. The van der Waals surface area contributed by atoms with Crippen LogP contribution in [0.1, 0.15) is 31.2 Å². The number of hydrogen-bond donors (Lipinski definition) is 1. The first-order chi connectivity index (χ1) is 18.2. The third-order valence-corrected chi connectivity index (χ3v) is 8.45. The van der Waals surface area contributed by atoms with Crippen molar-refractivity contribution in [3.8, 4) is 11.5 Å². The van der Waals surface area contributed by atoms with Crippen molar-refractivity contribution in [2.45, 2.75) is 25.7 Å². The van der Waals surface area contributed by atoms with Crippen LogP contribution < -0.4 is 9.64 Å². The molecule has 1 fully saturated rings. The Kier molecular flexibility index (Phi) is 5.65. The summed E-state index contributed by atoms with van der Waals surface area (Å²) < 4.78 is 5.58. The molecule has 4 atom stereocenters. The quantitative estimate of drug-likeness (QED) is 0.352. The van der Waals surface area contributed by atoms with Gasteiger partial charge in [-0.1, -0.05) is 29.3 Å². The van der Waals surface area contributed by atoms with Crippen molar-refractivity contribution in [3.63, 3.8) is 0 Å². The normalized spacial score (nSPS) is 26.6. The van der Waals surface area contributed by atoms with E-state index in [2.05, 4.69) is 0 Å². The number of ether oxygens (including phenoxy) is 1. The smallest absolute Gasteiger partial charge is 0.238 e. The van der Waals surface area contributed by atoms with Crippen LogP contribution in [0, 0.1) is 17.8 Å². The van der Waals surface area contributed by atoms with E-state index in [9.17, 15) is 24.3 Å². The summed E-state index contributed by atoms with van der Waals surface area (Å²) in [6.45, 7) is 1.60. The van der Waals surface area contributed by atoms with Gasteiger partial charge in [-0.15, -0.1) is 0 Å². The first-order valence-corrected chi connectivity index (χ1v) is 12.8. The number of Topliss-reactive ketones (excluding diaryl/α,β-unsaturated/α-hetero) is 1. The van der Waals surface area contributed by atoms with Crippen molar-refractivity contribution >= 4 is 40.7 Å². The van der Waals surface area contributed by atoms with E-state index in [0.717, 1.165) is 5.57 Å². The number of fused-ring (bicyclic) bond motifs is 3. The van der Waals surface area contributed by atoms with Crippen molar-refractivity contribution in [1.82, 2.24) is 0 Å². The highest BCUT2D eigenvalue weighted by Crippen LogP contribution is 2.57. The standard InChI is InChI=1S/C30H24ClNO6/c1-14-12-22(34)20-13-19-17(25(26(20)28(14)35)27-21(33)4-3-5-23(27)38-2)10-11-18-24(19)30(37)32(29(18)36)16-8-6-15(31)7-9-16/h3-10,12,18-19,24-25,33H,11,13H2,1-2H3. The van der Waals surface area contributed by atoms with Crippen LogP contribution in [-0.2, 0) is 19.2 Å². The molecule has 7 nitrogen and oxygen atoms in total. The molecule has 1 heterocycles. The van der Waals surface area contributed by atoms with Crippen molar-refractivity contribution in [3.05, 3.63) is 87.5 Å². The zero-order valence-electron chi connectivity index (χ0n) is 20.7. The molecule has 0 bridgehead atoms. The number of ketones is 2. The summed E-state index contributed by atoms with van der Waals surface area (Å²) in [6, 6.07) is 11.4. The maximum Gasteiger partial charge on any atom is 0.238 e. The Hall–Kier alpha value is -3.97. The third-order valence-electron chi connectivity index (χ3n) is 8.20. The largest absolute Gasteiger partial charge is 0.507 e. The van der Waals surface area contributed by atoms with Crippen LogP contribution in [0.15, 0.2) is 76.9 Å². The number of allylic oxidation sites excluding steroid dienone is 6. The number of halogens is 1. The van der Waals surface area contributed by atoms with E-state index in [0.29, 0.717) is 45.2 Å². The number of imide groups is 1. The summed E-state index contributed by atoms with van der Waals surface area (Å²) in [4.78, 5) is 55.4. The Morgan fingerprint density at radius 1 is 1.00 bits per heavy atom. The Labute approximate surface area is 224 Å². The van der Waals surface area contributed by atoms with Gasteiger partial charge in [-0.2, -0.15) is 0 Å².